The Kier molecular flexibility index (Phi) is 2.20. The van der Waals surface area contributed by atoms with Gasteiger partial charge in [-0.1, -0.05) is 11.6 Å². The van der Waals surface area contributed by atoms with Crippen molar-refractivity contribution in [2.75, 3.05) is 5.32 Å². The molecule has 1 aliphatic carbocycles. The molecule has 1 aromatic rings. The highest BCUT2D eigenvalue weighted by molar-refractivity contribution is 6.31. The molecule has 2 rings (SSSR count). The van der Waals surface area contributed by atoms with Gasteiger partial charge in [0.1, 0.15) is 6.33 Å². The Balaban J connectivity index is 2.35. The molecule has 1 fully saturated rings. The highest BCUT2D eigenvalue weighted by Crippen LogP contribution is 2.32. The molecule has 1 N–H and O–H groups in total. The lowest BCUT2D eigenvalue weighted by atomic mass is 10.4. The van der Waals surface area contributed by atoms with Gasteiger partial charge in [0.2, 0.25) is 11.0 Å². The number of halogens is 1. The van der Waals surface area contributed by atoms with Crippen LogP contribution in [0.4, 0.5) is 11.5 Å². The summed E-state index contributed by atoms with van der Waals surface area (Å²) >= 11 is 5.60. The number of nitrogens with zero attached hydrogens (tertiary/aromatic N) is 3. The molecule has 74 valence electrons. The van der Waals surface area contributed by atoms with Gasteiger partial charge in [-0.15, -0.1) is 0 Å². The minimum Gasteiger partial charge on any atom is -0.361 e. The molecule has 0 aromatic carbocycles. The fourth-order valence-corrected chi connectivity index (χ4v) is 1.25. The normalized spacial score (nSPS) is 15.2. The minimum atomic E-state index is -0.576. The summed E-state index contributed by atoms with van der Waals surface area (Å²) in [6.07, 6.45) is 3.23. The van der Waals surface area contributed by atoms with Gasteiger partial charge in [-0.2, -0.15) is 0 Å². The molecule has 0 saturated heterocycles. The van der Waals surface area contributed by atoms with Crippen LogP contribution in [0.2, 0.25) is 5.15 Å². The van der Waals surface area contributed by atoms with Crippen LogP contribution in [0.25, 0.3) is 0 Å². The van der Waals surface area contributed by atoms with Crippen LogP contribution in [0.3, 0.4) is 0 Å². The van der Waals surface area contributed by atoms with Crippen LogP contribution in [0.5, 0.6) is 0 Å². The molecule has 14 heavy (non-hydrogen) atoms. The number of anilines is 1. The van der Waals surface area contributed by atoms with E-state index in [4.69, 9.17) is 11.6 Å². The van der Waals surface area contributed by atoms with Crippen LogP contribution in [-0.4, -0.2) is 20.9 Å². The second-order valence-corrected chi connectivity index (χ2v) is 3.40. The summed E-state index contributed by atoms with van der Waals surface area (Å²) in [4.78, 5) is 17.4. The lowest BCUT2D eigenvalue weighted by Crippen LogP contribution is -2.07. The van der Waals surface area contributed by atoms with E-state index in [9.17, 15) is 10.1 Å². The molecule has 6 nitrogen and oxygen atoms in total. The maximum atomic E-state index is 10.6. The van der Waals surface area contributed by atoms with Gasteiger partial charge in [0.05, 0.1) is 4.92 Å². The molecule has 0 bridgehead atoms. The summed E-state index contributed by atoms with van der Waals surface area (Å²) in [7, 11) is 0. The fraction of sp³-hybridized carbons (Fsp3) is 0.429. The van der Waals surface area contributed by atoms with Crippen molar-refractivity contribution in [3.05, 3.63) is 21.6 Å². The predicted molar refractivity (Wildman–Crippen MR) is 50.3 cm³/mol. The van der Waals surface area contributed by atoms with Crippen LogP contribution in [0.15, 0.2) is 6.33 Å². The van der Waals surface area contributed by atoms with Gasteiger partial charge in [-0.3, -0.25) is 10.1 Å². The lowest BCUT2D eigenvalue weighted by Gasteiger charge is -2.03. The molecule has 0 aliphatic heterocycles. The molecule has 0 atom stereocenters. The molecular formula is C7H7ClN4O2. The number of hydrogen-bond donors (Lipinski definition) is 1. The van der Waals surface area contributed by atoms with Crippen LogP contribution >= 0.6 is 11.6 Å². The van der Waals surface area contributed by atoms with Crippen molar-refractivity contribution >= 4 is 23.1 Å². The van der Waals surface area contributed by atoms with Crippen molar-refractivity contribution in [3.63, 3.8) is 0 Å². The van der Waals surface area contributed by atoms with Crippen LogP contribution in [0.1, 0.15) is 12.8 Å². The third kappa shape index (κ3) is 1.74. The first-order chi connectivity index (χ1) is 6.68. The average Bonchev–Trinajstić information content (AvgIpc) is 2.87. The molecule has 0 radical (unpaired) electrons. The van der Waals surface area contributed by atoms with Gasteiger partial charge in [-0.05, 0) is 12.8 Å². The SMILES string of the molecule is O=[N+]([O-])c1c(Cl)ncnc1NC1CC1. The quantitative estimate of drug-likeness (QED) is 0.470. The van der Waals surface area contributed by atoms with E-state index in [1.165, 1.54) is 6.33 Å². The topological polar surface area (TPSA) is 81.0 Å². The Morgan fingerprint density at radius 3 is 2.86 bits per heavy atom. The third-order valence-electron chi connectivity index (χ3n) is 1.88. The van der Waals surface area contributed by atoms with E-state index in [2.05, 4.69) is 15.3 Å². The molecule has 7 heteroatoms. The van der Waals surface area contributed by atoms with Gasteiger partial charge >= 0.3 is 5.69 Å². The Hall–Kier alpha value is -1.43. The van der Waals surface area contributed by atoms with E-state index in [-0.39, 0.29) is 16.7 Å². The summed E-state index contributed by atoms with van der Waals surface area (Å²) in [5.41, 5.74) is -0.249. The van der Waals surface area contributed by atoms with Crippen molar-refractivity contribution in [1.82, 2.24) is 9.97 Å². The number of nitrogens with one attached hydrogen (secondary N) is 1. The molecule has 1 heterocycles. The Morgan fingerprint density at radius 2 is 2.29 bits per heavy atom. The molecular weight excluding hydrogens is 208 g/mol. The van der Waals surface area contributed by atoms with Gasteiger partial charge in [0, 0.05) is 6.04 Å². The summed E-state index contributed by atoms with van der Waals surface area (Å²) in [6, 6.07) is 0.291. The maximum Gasteiger partial charge on any atom is 0.348 e. The second kappa shape index (κ2) is 3.38. The van der Waals surface area contributed by atoms with E-state index in [1.807, 2.05) is 0 Å². The minimum absolute atomic E-state index is 0.131. The summed E-state index contributed by atoms with van der Waals surface area (Å²) in [5.74, 6) is 0.206. The van der Waals surface area contributed by atoms with Crippen molar-refractivity contribution in [1.29, 1.82) is 0 Å². The lowest BCUT2D eigenvalue weighted by molar-refractivity contribution is -0.384. The molecule has 1 aromatic heterocycles. The number of aromatic nitrogens is 2. The number of nitro groups is 1. The van der Waals surface area contributed by atoms with E-state index in [0.717, 1.165) is 12.8 Å². The molecule has 0 spiro atoms. The first kappa shape index (κ1) is 9.14. The monoisotopic (exact) mass is 214 g/mol. The second-order valence-electron chi connectivity index (χ2n) is 3.04. The summed E-state index contributed by atoms with van der Waals surface area (Å²) in [5, 5.41) is 13.4. The number of hydrogen-bond acceptors (Lipinski definition) is 5. The van der Waals surface area contributed by atoms with Crippen molar-refractivity contribution < 1.29 is 4.92 Å². The zero-order chi connectivity index (χ0) is 10.1. The van der Waals surface area contributed by atoms with Crippen LogP contribution in [-0.2, 0) is 0 Å². The predicted octanol–water partition coefficient (Wildman–Crippen LogP) is 1.61. The molecule has 0 unspecified atom stereocenters. The molecule has 1 saturated carbocycles. The van der Waals surface area contributed by atoms with Crippen molar-refractivity contribution in [2.45, 2.75) is 18.9 Å². The van der Waals surface area contributed by atoms with Crippen molar-refractivity contribution in [3.8, 4) is 0 Å². The van der Waals surface area contributed by atoms with E-state index in [1.54, 1.807) is 0 Å². The number of rotatable bonds is 3. The standard InChI is InChI=1S/C7H7ClN4O2/c8-6-5(12(13)14)7(10-3-9-6)11-4-1-2-4/h3-4H,1-2H2,(H,9,10,11). The van der Waals surface area contributed by atoms with Gasteiger partial charge in [-0.25, -0.2) is 9.97 Å². The fourth-order valence-electron chi connectivity index (χ4n) is 1.05. The van der Waals surface area contributed by atoms with Gasteiger partial charge < -0.3 is 5.32 Å². The van der Waals surface area contributed by atoms with Crippen LogP contribution in [0, 0.1) is 10.1 Å². The van der Waals surface area contributed by atoms with Crippen LogP contribution < -0.4 is 5.32 Å². The summed E-state index contributed by atoms with van der Waals surface area (Å²) < 4.78 is 0. The van der Waals surface area contributed by atoms with E-state index >= 15 is 0 Å². The molecule has 1 aliphatic rings. The summed E-state index contributed by atoms with van der Waals surface area (Å²) in [6.45, 7) is 0. The largest absolute Gasteiger partial charge is 0.361 e. The first-order valence-corrected chi connectivity index (χ1v) is 4.47. The van der Waals surface area contributed by atoms with Crippen molar-refractivity contribution in [2.24, 2.45) is 0 Å². The van der Waals surface area contributed by atoms with Gasteiger partial charge in [0.15, 0.2) is 0 Å². The molecule has 0 amide bonds. The first-order valence-electron chi connectivity index (χ1n) is 4.10. The Morgan fingerprint density at radius 1 is 1.57 bits per heavy atom. The highest BCUT2D eigenvalue weighted by Gasteiger charge is 2.27. The smallest absolute Gasteiger partial charge is 0.348 e. The Bertz CT molecular complexity index is 380. The Labute approximate surface area is 84.5 Å². The maximum absolute atomic E-state index is 10.6. The highest BCUT2D eigenvalue weighted by atomic mass is 35.5. The zero-order valence-corrected chi connectivity index (χ0v) is 7.86. The average molecular weight is 215 g/mol. The third-order valence-corrected chi connectivity index (χ3v) is 2.15. The van der Waals surface area contributed by atoms with Gasteiger partial charge in [0.25, 0.3) is 0 Å². The van der Waals surface area contributed by atoms with E-state index < -0.39 is 4.92 Å². The zero-order valence-electron chi connectivity index (χ0n) is 7.11. The van der Waals surface area contributed by atoms with E-state index in [0.29, 0.717) is 6.04 Å².